The van der Waals surface area contributed by atoms with Crippen LogP contribution in [0, 0.1) is 6.92 Å². The van der Waals surface area contributed by atoms with Gasteiger partial charge in [-0.15, -0.1) is 0 Å². The number of nitrogens with two attached hydrogens (primary N) is 1. The first kappa shape index (κ1) is 14.4. The summed E-state index contributed by atoms with van der Waals surface area (Å²) >= 11 is 0. The molecule has 2 amide bonds. The van der Waals surface area contributed by atoms with E-state index in [4.69, 9.17) is 10.8 Å². The summed E-state index contributed by atoms with van der Waals surface area (Å²) in [5.74, 6) is -1.60. The van der Waals surface area contributed by atoms with Crippen LogP contribution >= 0.6 is 0 Å². The Morgan fingerprint density at radius 3 is 2.63 bits per heavy atom. The third-order valence-electron chi connectivity index (χ3n) is 2.18. The summed E-state index contributed by atoms with van der Waals surface area (Å²) in [5.41, 5.74) is 5.11. The molecule has 4 N–H and O–H groups in total. The molecule has 1 aromatic heterocycles. The van der Waals surface area contributed by atoms with Gasteiger partial charge in [-0.3, -0.25) is 4.79 Å². The highest BCUT2D eigenvalue weighted by Crippen LogP contribution is 2.06. The van der Waals surface area contributed by atoms with Gasteiger partial charge in [0.2, 0.25) is 0 Å². The van der Waals surface area contributed by atoms with Gasteiger partial charge in [0.25, 0.3) is 5.91 Å². The van der Waals surface area contributed by atoms with Gasteiger partial charge in [0.1, 0.15) is 12.3 Å². The zero-order valence-corrected chi connectivity index (χ0v) is 10.2. The minimum absolute atomic E-state index is 0.0358. The average molecular weight is 267 g/mol. The Morgan fingerprint density at radius 1 is 1.42 bits per heavy atom. The summed E-state index contributed by atoms with van der Waals surface area (Å²) in [4.78, 5) is 36.6. The van der Waals surface area contributed by atoms with Gasteiger partial charge in [0, 0.05) is 0 Å². The van der Waals surface area contributed by atoms with Gasteiger partial charge < -0.3 is 20.9 Å². The predicted octanol–water partition coefficient (Wildman–Crippen LogP) is -0.0867. The molecule has 0 aliphatic heterocycles. The zero-order chi connectivity index (χ0) is 14.4. The Kier molecular flexibility index (Phi) is 4.81. The summed E-state index contributed by atoms with van der Waals surface area (Å²) in [6, 6.07) is 2.61. The predicted molar refractivity (Wildman–Crippen MR) is 63.8 cm³/mol. The Hall–Kier alpha value is -2.64. The number of aryl methyl sites for hydroxylation is 1. The summed E-state index contributed by atoms with van der Waals surface area (Å²) in [6.07, 6.45) is -0.922. The van der Waals surface area contributed by atoms with Crippen LogP contribution in [0.15, 0.2) is 12.1 Å². The fourth-order valence-corrected chi connectivity index (χ4v) is 1.32. The van der Waals surface area contributed by atoms with Gasteiger partial charge in [-0.2, -0.15) is 0 Å². The van der Waals surface area contributed by atoms with Crippen molar-refractivity contribution < 1.29 is 24.2 Å². The molecule has 1 heterocycles. The number of aromatic carboxylic acids is 1. The fraction of sp³-hybridized carbons (Fsp3) is 0.273. The van der Waals surface area contributed by atoms with E-state index in [1.54, 1.807) is 0 Å². The SMILES string of the molecule is Cc1nc(C(=O)NCCOC(N)=O)ccc1C(=O)O. The molecule has 8 heteroatoms. The minimum Gasteiger partial charge on any atom is -0.478 e. The molecule has 0 bridgehead atoms. The van der Waals surface area contributed by atoms with E-state index < -0.39 is 18.0 Å². The third kappa shape index (κ3) is 4.26. The van der Waals surface area contributed by atoms with E-state index >= 15 is 0 Å². The maximum atomic E-state index is 11.6. The molecule has 8 nitrogen and oxygen atoms in total. The van der Waals surface area contributed by atoms with Crippen LogP contribution in [0.2, 0.25) is 0 Å². The van der Waals surface area contributed by atoms with E-state index in [2.05, 4.69) is 15.0 Å². The number of hydrogen-bond donors (Lipinski definition) is 3. The Labute approximate surface area is 108 Å². The Morgan fingerprint density at radius 2 is 2.11 bits per heavy atom. The summed E-state index contributed by atoms with van der Waals surface area (Å²) < 4.78 is 4.43. The molecule has 0 spiro atoms. The second-order valence-electron chi connectivity index (χ2n) is 3.56. The maximum absolute atomic E-state index is 11.6. The number of nitrogens with one attached hydrogen (secondary N) is 1. The molecule has 0 aromatic carbocycles. The summed E-state index contributed by atoms with van der Waals surface area (Å²) in [6.45, 7) is 1.53. The van der Waals surface area contributed by atoms with Crippen LogP contribution in [0.25, 0.3) is 0 Å². The molecule has 0 saturated heterocycles. The molecular formula is C11H13N3O5. The van der Waals surface area contributed by atoms with E-state index in [-0.39, 0.29) is 30.1 Å². The van der Waals surface area contributed by atoms with Crippen LogP contribution in [-0.2, 0) is 4.74 Å². The zero-order valence-electron chi connectivity index (χ0n) is 10.2. The van der Waals surface area contributed by atoms with Crippen LogP contribution in [0.4, 0.5) is 4.79 Å². The van der Waals surface area contributed by atoms with Crippen molar-refractivity contribution in [1.29, 1.82) is 0 Å². The topological polar surface area (TPSA) is 132 Å². The van der Waals surface area contributed by atoms with Gasteiger partial charge >= 0.3 is 12.1 Å². The fourth-order valence-electron chi connectivity index (χ4n) is 1.32. The van der Waals surface area contributed by atoms with E-state index in [0.717, 1.165) is 0 Å². The highest BCUT2D eigenvalue weighted by Gasteiger charge is 2.12. The number of aromatic nitrogens is 1. The number of carboxylic acid groups (broad SMARTS) is 1. The lowest BCUT2D eigenvalue weighted by Gasteiger charge is -2.06. The quantitative estimate of drug-likeness (QED) is 0.639. The molecule has 102 valence electrons. The highest BCUT2D eigenvalue weighted by molar-refractivity contribution is 5.94. The van der Waals surface area contributed by atoms with Crippen molar-refractivity contribution in [2.24, 2.45) is 5.73 Å². The van der Waals surface area contributed by atoms with Crippen LogP contribution in [0.1, 0.15) is 26.5 Å². The van der Waals surface area contributed by atoms with Crippen LogP contribution in [0.5, 0.6) is 0 Å². The number of primary amides is 1. The van der Waals surface area contributed by atoms with Gasteiger partial charge in [-0.05, 0) is 19.1 Å². The number of ether oxygens (including phenoxy) is 1. The molecule has 1 rings (SSSR count). The van der Waals surface area contributed by atoms with E-state index in [0.29, 0.717) is 0 Å². The lowest BCUT2D eigenvalue weighted by molar-refractivity contribution is 0.0694. The van der Waals surface area contributed by atoms with Gasteiger partial charge in [0.05, 0.1) is 17.8 Å². The van der Waals surface area contributed by atoms with E-state index in [1.165, 1.54) is 19.1 Å². The average Bonchev–Trinajstić information content (AvgIpc) is 2.33. The number of rotatable bonds is 5. The molecule has 0 aliphatic rings. The van der Waals surface area contributed by atoms with Crippen LogP contribution in [0.3, 0.4) is 0 Å². The Bertz CT molecular complexity index is 515. The first-order valence-electron chi connectivity index (χ1n) is 5.33. The van der Waals surface area contributed by atoms with Crippen molar-refractivity contribution in [3.05, 3.63) is 29.1 Å². The van der Waals surface area contributed by atoms with Gasteiger partial charge in [-0.1, -0.05) is 0 Å². The molecule has 0 unspecified atom stereocenters. The number of carbonyl (C=O) groups excluding carboxylic acids is 2. The second-order valence-corrected chi connectivity index (χ2v) is 3.56. The van der Waals surface area contributed by atoms with Gasteiger partial charge in [0.15, 0.2) is 0 Å². The highest BCUT2D eigenvalue weighted by atomic mass is 16.5. The van der Waals surface area contributed by atoms with E-state index in [1.807, 2.05) is 0 Å². The van der Waals surface area contributed by atoms with Crippen LogP contribution < -0.4 is 11.1 Å². The smallest absolute Gasteiger partial charge is 0.404 e. The first-order chi connectivity index (χ1) is 8.91. The molecule has 0 saturated carbocycles. The largest absolute Gasteiger partial charge is 0.478 e. The summed E-state index contributed by atoms with van der Waals surface area (Å²) in [7, 11) is 0. The second kappa shape index (κ2) is 6.34. The molecule has 1 aromatic rings. The monoisotopic (exact) mass is 267 g/mol. The van der Waals surface area contributed by atoms with Crippen molar-refractivity contribution in [3.8, 4) is 0 Å². The lowest BCUT2D eigenvalue weighted by Crippen LogP contribution is -2.29. The third-order valence-corrected chi connectivity index (χ3v) is 2.18. The molecular weight excluding hydrogens is 254 g/mol. The van der Waals surface area contributed by atoms with Crippen molar-refractivity contribution in [1.82, 2.24) is 10.3 Å². The maximum Gasteiger partial charge on any atom is 0.404 e. The number of amides is 2. The first-order valence-corrected chi connectivity index (χ1v) is 5.33. The molecule has 0 fully saturated rings. The van der Waals surface area contributed by atoms with Crippen LogP contribution in [-0.4, -0.2) is 41.2 Å². The minimum atomic E-state index is -1.10. The standard InChI is InChI=1S/C11H13N3O5/c1-6-7(10(16)17)2-3-8(14-6)9(15)13-4-5-19-11(12)18/h2-3H,4-5H2,1H3,(H2,12,18)(H,13,15)(H,16,17). The van der Waals surface area contributed by atoms with Crippen molar-refractivity contribution in [3.63, 3.8) is 0 Å². The summed E-state index contributed by atoms with van der Waals surface area (Å²) in [5, 5.41) is 11.3. The van der Waals surface area contributed by atoms with Gasteiger partial charge in [-0.25, -0.2) is 14.6 Å². The molecule has 0 atom stereocenters. The molecule has 19 heavy (non-hydrogen) atoms. The number of hydrogen-bond acceptors (Lipinski definition) is 5. The number of carboxylic acids is 1. The van der Waals surface area contributed by atoms with Crippen molar-refractivity contribution in [2.45, 2.75) is 6.92 Å². The van der Waals surface area contributed by atoms with Crippen molar-refractivity contribution in [2.75, 3.05) is 13.2 Å². The molecule has 0 radical (unpaired) electrons. The number of carbonyl (C=O) groups is 3. The van der Waals surface area contributed by atoms with Crippen molar-refractivity contribution >= 4 is 18.0 Å². The Balaban J connectivity index is 2.60. The van der Waals surface area contributed by atoms with E-state index in [9.17, 15) is 14.4 Å². The molecule has 0 aliphatic carbocycles. The number of nitrogens with zero attached hydrogens (tertiary/aromatic N) is 1. The number of pyridine rings is 1. The normalized spacial score (nSPS) is 9.74. The lowest BCUT2D eigenvalue weighted by atomic mass is 10.2.